The average Bonchev–Trinajstić information content (AvgIpc) is 2.67. The van der Waals surface area contributed by atoms with Gasteiger partial charge in [-0.2, -0.15) is 0 Å². The Labute approximate surface area is 91.5 Å². The summed E-state index contributed by atoms with van der Waals surface area (Å²) in [5, 5.41) is 10.4. The molecule has 1 heterocycles. The molecule has 1 N–H and O–H groups in total. The maximum absolute atomic E-state index is 11.3. The van der Waals surface area contributed by atoms with Gasteiger partial charge in [0, 0.05) is 6.04 Å². The van der Waals surface area contributed by atoms with Gasteiger partial charge in [-0.1, -0.05) is 30.0 Å². The molecule has 0 aliphatic heterocycles. The van der Waals surface area contributed by atoms with Gasteiger partial charge in [0.1, 0.15) is 5.51 Å². The van der Waals surface area contributed by atoms with Crippen molar-refractivity contribution in [2.24, 2.45) is 0 Å². The van der Waals surface area contributed by atoms with Crippen LogP contribution >= 0.6 is 23.1 Å². The third-order valence-electron chi connectivity index (χ3n) is 1.69. The SMILES string of the molecule is CC[C@@H](C)NC(=O)CSc1nncs1. The van der Waals surface area contributed by atoms with E-state index in [1.165, 1.54) is 23.1 Å². The Morgan fingerprint density at radius 3 is 3.14 bits per heavy atom. The predicted molar refractivity (Wildman–Crippen MR) is 58.5 cm³/mol. The van der Waals surface area contributed by atoms with E-state index in [0.29, 0.717) is 5.75 Å². The van der Waals surface area contributed by atoms with Crippen LogP contribution in [0.5, 0.6) is 0 Å². The summed E-state index contributed by atoms with van der Waals surface area (Å²) in [5.41, 5.74) is 1.66. The maximum Gasteiger partial charge on any atom is 0.230 e. The van der Waals surface area contributed by atoms with Gasteiger partial charge in [0.15, 0.2) is 4.34 Å². The van der Waals surface area contributed by atoms with Crippen molar-refractivity contribution in [2.45, 2.75) is 30.6 Å². The monoisotopic (exact) mass is 231 g/mol. The smallest absolute Gasteiger partial charge is 0.230 e. The Morgan fingerprint density at radius 1 is 1.79 bits per heavy atom. The fraction of sp³-hybridized carbons (Fsp3) is 0.625. The van der Waals surface area contributed by atoms with E-state index in [0.717, 1.165) is 10.8 Å². The Bertz CT molecular complexity index is 276. The first-order valence-electron chi connectivity index (χ1n) is 4.40. The molecule has 1 aromatic heterocycles. The maximum atomic E-state index is 11.3. The topological polar surface area (TPSA) is 54.9 Å². The number of aromatic nitrogens is 2. The lowest BCUT2D eigenvalue weighted by atomic mass is 10.3. The van der Waals surface area contributed by atoms with Crippen LogP contribution in [-0.4, -0.2) is 27.9 Å². The molecule has 0 unspecified atom stereocenters. The number of hydrogen-bond acceptors (Lipinski definition) is 5. The normalized spacial score (nSPS) is 12.4. The molecule has 6 heteroatoms. The Balaban J connectivity index is 2.22. The Kier molecular flexibility index (Phi) is 4.89. The zero-order chi connectivity index (χ0) is 10.4. The molecular weight excluding hydrogens is 218 g/mol. The Morgan fingerprint density at radius 2 is 2.57 bits per heavy atom. The highest BCUT2D eigenvalue weighted by Gasteiger charge is 2.07. The fourth-order valence-corrected chi connectivity index (χ4v) is 2.07. The molecule has 1 atom stereocenters. The van der Waals surface area contributed by atoms with Crippen molar-refractivity contribution in [3.63, 3.8) is 0 Å². The number of carbonyl (C=O) groups excluding carboxylic acids is 1. The highest BCUT2D eigenvalue weighted by Crippen LogP contribution is 2.18. The number of carbonyl (C=O) groups is 1. The lowest BCUT2D eigenvalue weighted by Gasteiger charge is -2.09. The standard InChI is InChI=1S/C8H13N3OS2/c1-3-6(2)10-7(12)4-13-8-11-9-5-14-8/h5-6H,3-4H2,1-2H3,(H,10,12)/t6-/m1/s1. The minimum Gasteiger partial charge on any atom is -0.353 e. The van der Waals surface area contributed by atoms with Crippen LogP contribution in [-0.2, 0) is 4.79 Å². The molecule has 0 radical (unpaired) electrons. The number of hydrogen-bond donors (Lipinski definition) is 1. The second-order valence-corrected chi connectivity index (χ2v) is 4.93. The van der Waals surface area contributed by atoms with Crippen molar-refractivity contribution >= 4 is 29.0 Å². The van der Waals surface area contributed by atoms with E-state index in [1.54, 1.807) is 5.51 Å². The minimum absolute atomic E-state index is 0.0551. The van der Waals surface area contributed by atoms with Crippen LogP contribution in [0.15, 0.2) is 9.85 Å². The molecule has 0 aliphatic carbocycles. The largest absolute Gasteiger partial charge is 0.353 e. The van der Waals surface area contributed by atoms with Gasteiger partial charge < -0.3 is 5.32 Å². The van der Waals surface area contributed by atoms with Crippen LogP contribution in [0.4, 0.5) is 0 Å². The molecular formula is C8H13N3OS2. The summed E-state index contributed by atoms with van der Waals surface area (Å²) in [6.07, 6.45) is 0.954. The van der Waals surface area contributed by atoms with Gasteiger partial charge in [-0.05, 0) is 13.3 Å². The van der Waals surface area contributed by atoms with E-state index >= 15 is 0 Å². The number of nitrogens with one attached hydrogen (secondary N) is 1. The van der Waals surface area contributed by atoms with E-state index in [2.05, 4.69) is 15.5 Å². The van der Waals surface area contributed by atoms with Gasteiger partial charge in [0.05, 0.1) is 5.75 Å². The molecule has 4 nitrogen and oxygen atoms in total. The summed E-state index contributed by atoms with van der Waals surface area (Å²) in [5.74, 6) is 0.471. The number of amides is 1. The molecule has 1 amide bonds. The molecule has 1 aromatic rings. The molecule has 0 bridgehead atoms. The average molecular weight is 231 g/mol. The van der Waals surface area contributed by atoms with E-state index in [4.69, 9.17) is 0 Å². The van der Waals surface area contributed by atoms with Crippen LogP contribution < -0.4 is 5.32 Å². The van der Waals surface area contributed by atoms with Crippen LogP contribution in [0, 0.1) is 0 Å². The Hall–Kier alpha value is -0.620. The van der Waals surface area contributed by atoms with Gasteiger partial charge in [-0.25, -0.2) is 0 Å². The molecule has 0 fully saturated rings. The fourth-order valence-electron chi connectivity index (χ4n) is 0.772. The first-order valence-corrected chi connectivity index (χ1v) is 6.27. The second kappa shape index (κ2) is 5.98. The number of nitrogens with zero attached hydrogens (tertiary/aromatic N) is 2. The van der Waals surface area contributed by atoms with Crippen LogP contribution in [0.1, 0.15) is 20.3 Å². The summed E-state index contributed by atoms with van der Waals surface area (Å²) in [6.45, 7) is 4.04. The van der Waals surface area contributed by atoms with Crippen molar-refractivity contribution in [1.29, 1.82) is 0 Å². The highest BCUT2D eigenvalue weighted by molar-refractivity contribution is 8.01. The van der Waals surface area contributed by atoms with Gasteiger partial charge >= 0.3 is 0 Å². The van der Waals surface area contributed by atoms with Crippen molar-refractivity contribution < 1.29 is 4.79 Å². The quantitative estimate of drug-likeness (QED) is 0.781. The molecule has 0 saturated carbocycles. The van der Waals surface area contributed by atoms with Gasteiger partial charge in [-0.3, -0.25) is 4.79 Å². The number of thioether (sulfide) groups is 1. The van der Waals surface area contributed by atoms with Crippen molar-refractivity contribution in [1.82, 2.24) is 15.5 Å². The van der Waals surface area contributed by atoms with Crippen LogP contribution in [0.25, 0.3) is 0 Å². The van der Waals surface area contributed by atoms with Crippen molar-refractivity contribution in [3.05, 3.63) is 5.51 Å². The predicted octanol–water partition coefficient (Wildman–Crippen LogP) is 1.54. The first-order chi connectivity index (χ1) is 6.72. The highest BCUT2D eigenvalue weighted by atomic mass is 32.2. The molecule has 14 heavy (non-hydrogen) atoms. The summed E-state index contributed by atoms with van der Waals surface area (Å²) in [7, 11) is 0. The summed E-state index contributed by atoms with van der Waals surface area (Å²) < 4.78 is 0.837. The van der Waals surface area contributed by atoms with Gasteiger partial charge in [0.2, 0.25) is 5.91 Å². The van der Waals surface area contributed by atoms with Crippen molar-refractivity contribution in [2.75, 3.05) is 5.75 Å². The third-order valence-corrected chi connectivity index (χ3v) is 3.55. The van der Waals surface area contributed by atoms with E-state index in [-0.39, 0.29) is 11.9 Å². The van der Waals surface area contributed by atoms with Gasteiger partial charge in [-0.15, -0.1) is 10.2 Å². The molecule has 0 aromatic carbocycles. The minimum atomic E-state index is 0.0551. The summed E-state index contributed by atoms with van der Waals surface area (Å²) in [6, 6.07) is 0.248. The molecule has 0 aliphatic rings. The molecule has 0 spiro atoms. The van der Waals surface area contributed by atoms with E-state index < -0.39 is 0 Å². The van der Waals surface area contributed by atoms with Gasteiger partial charge in [0.25, 0.3) is 0 Å². The lowest BCUT2D eigenvalue weighted by molar-refractivity contribution is -0.119. The summed E-state index contributed by atoms with van der Waals surface area (Å²) in [4.78, 5) is 11.3. The zero-order valence-corrected chi connectivity index (χ0v) is 9.82. The summed E-state index contributed by atoms with van der Waals surface area (Å²) >= 11 is 2.87. The lowest BCUT2D eigenvalue weighted by Crippen LogP contribution is -2.33. The van der Waals surface area contributed by atoms with Crippen LogP contribution in [0.3, 0.4) is 0 Å². The van der Waals surface area contributed by atoms with E-state index in [9.17, 15) is 4.79 Å². The zero-order valence-electron chi connectivity index (χ0n) is 8.19. The first kappa shape index (κ1) is 11.5. The second-order valence-electron chi connectivity index (χ2n) is 2.87. The molecule has 1 rings (SSSR count). The van der Waals surface area contributed by atoms with Crippen LogP contribution in [0.2, 0.25) is 0 Å². The molecule has 0 saturated heterocycles. The number of rotatable bonds is 5. The molecule has 78 valence electrons. The third kappa shape index (κ3) is 4.06. The van der Waals surface area contributed by atoms with E-state index in [1.807, 2.05) is 13.8 Å². The van der Waals surface area contributed by atoms with Crippen molar-refractivity contribution in [3.8, 4) is 0 Å².